The van der Waals surface area contributed by atoms with Gasteiger partial charge in [0.25, 0.3) is 0 Å². The molecule has 1 N–H and O–H groups in total. The SMILES string of the molecule is Cn1ccnc1CN1C(=O)CC2(C1=O)C(=O)N(CC(=O)O)c1ccc(Cl)cc12. The minimum atomic E-state index is -1.79. The number of rotatable bonds is 4. The number of benzene rings is 1. The van der Waals surface area contributed by atoms with Crippen LogP contribution in [0.25, 0.3) is 0 Å². The normalized spacial score (nSPS) is 21.1. The van der Waals surface area contributed by atoms with E-state index in [1.165, 1.54) is 18.2 Å². The minimum absolute atomic E-state index is 0.0783. The van der Waals surface area contributed by atoms with Crippen LogP contribution in [0.15, 0.2) is 30.6 Å². The van der Waals surface area contributed by atoms with E-state index >= 15 is 0 Å². The van der Waals surface area contributed by atoms with Gasteiger partial charge in [-0.05, 0) is 18.2 Å². The number of hydrogen-bond acceptors (Lipinski definition) is 5. The van der Waals surface area contributed by atoms with Crippen molar-refractivity contribution in [1.29, 1.82) is 0 Å². The molecule has 144 valence electrons. The van der Waals surface area contributed by atoms with E-state index in [2.05, 4.69) is 4.98 Å². The summed E-state index contributed by atoms with van der Waals surface area (Å²) in [6.45, 7) is -0.693. The van der Waals surface area contributed by atoms with Crippen molar-refractivity contribution < 1.29 is 24.3 Å². The number of hydrogen-bond donors (Lipinski definition) is 1. The second-order valence-electron chi connectivity index (χ2n) is 6.77. The van der Waals surface area contributed by atoms with E-state index in [-0.39, 0.29) is 29.2 Å². The van der Waals surface area contributed by atoms with Crippen molar-refractivity contribution in [3.63, 3.8) is 0 Å². The van der Waals surface area contributed by atoms with Gasteiger partial charge in [-0.25, -0.2) is 4.98 Å². The van der Waals surface area contributed by atoms with Crippen LogP contribution < -0.4 is 4.90 Å². The molecule has 0 bridgehead atoms. The molecule has 1 unspecified atom stereocenters. The highest BCUT2D eigenvalue weighted by atomic mass is 35.5. The van der Waals surface area contributed by atoms with Gasteiger partial charge in [-0.1, -0.05) is 11.6 Å². The summed E-state index contributed by atoms with van der Waals surface area (Å²) in [6.07, 6.45) is 2.85. The van der Waals surface area contributed by atoms with E-state index < -0.39 is 35.7 Å². The third kappa shape index (κ3) is 2.43. The molecule has 3 amide bonds. The van der Waals surface area contributed by atoms with Gasteiger partial charge in [0.05, 0.1) is 13.0 Å². The molecule has 1 spiro atoms. The molecule has 28 heavy (non-hydrogen) atoms. The van der Waals surface area contributed by atoms with Crippen LogP contribution in [-0.2, 0) is 38.2 Å². The number of aliphatic carboxylic acids is 1. The lowest BCUT2D eigenvalue weighted by atomic mass is 9.80. The van der Waals surface area contributed by atoms with Crippen LogP contribution in [0.4, 0.5) is 5.69 Å². The summed E-state index contributed by atoms with van der Waals surface area (Å²) in [5, 5.41) is 9.46. The Morgan fingerprint density at radius 2 is 1.96 bits per heavy atom. The van der Waals surface area contributed by atoms with Crippen LogP contribution in [-0.4, -0.2) is 49.8 Å². The van der Waals surface area contributed by atoms with E-state index in [0.717, 1.165) is 9.80 Å². The number of fused-ring (bicyclic) bond motifs is 2. The van der Waals surface area contributed by atoms with Crippen molar-refractivity contribution in [3.05, 3.63) is 47.0 Å². The zero-order chi connectivity index (χ0) is 20.2. The average Bonchev–Trinajstić information content (AvgIpc) is 3.22. The van der Waals surface area contributed by atoms with Crippen molar-refractivity contribution >= 4 is 41.0 Å². The topological polar surface area (TPSA) is 113 Å². The predicted octanol–water partition coefficient (Wildman–Crippen LogP) is 0.702. The number of aromatic nitrogens is 2. The average molecular weight is 403 g/mol. The molecular formula is C18H15ClN4O5. The monoisotopic (exact) mass is 402 g/mol. The first kappa shape index (κ1) is 18.2. The van der Waals surface area contributed by atoms with Gasteiger partial charge in [0, 0.05) is 35.7 Å². The van der Waals surface area contributed by atoms with Crippen molar-refractivity contribution in [2.75, 3.05) is 11.4 Å². The molecule has 1 aromatic heterocycles. The van der Waals surface area contributed by atoms with Crippen LogP contribution in [0, 0.1) is 0 Å². The molecule has 1 fully saturated rings. The van der Waals surface area contributed by atoms with Crippen molar-refractivity contribution in [2.45, 2.75) is 18.4 Å². The highest BCUT2D eigenvalue weighted by Crippen LogP contribution is 2.49. The number of aryl methyl sites for hydroxylation is 1. The number of anilines is 1. The Balaban J connectivity index is 1.80. The lowest BCUT2D eigenvalue weighted by Crippen LogP contribution is -2.47. The fourth-order valence-electron chi connectivity index (χ4n) is 3.80. The molecule has 10 heteroatoms. The third-order valence-corrected chi connectivity index (χ3v) is 5.40. The minimum Gasteiger partial charge on any atom is -0.480 e. The maximum atomic E-state index is 13.3. The number of nitrogens with zero attached hydrogens (tertiary/aromatic N) is 4. The number of amides is 3. The molecule has 0 aliphatic carbocycles. The molecule has 4 rings (SSSR count). The standard InChI is InChI=1S/C18H15ClN4O5/c1-21-5-4-20-13(21)8-23-14(24)7-18(17(23)28)11-6-10(19)2-3-12(11)22(16(18)27)9-15(25)26/h2-6H,7-9H2,1H3,(H,25,26). The summed E-state index contributed by atoms with van der Waals surface area (Å²) in [7, 11) is 1.73. The summed E-state index contributed by atoms with van der Waals surface area (Å²) in [5.41, 5.74) is -1.26. The Morgan fingerprint density at radius 1 is 1.25 bits per heavy atom. The molecule has 0 saturated carbocycles. The van der Waals surface area contributed by atoms with Crippen LogP contribution in [0.1, 0.15) is 17.8 Å². The van der Waals surface area contributed by atoms with Gasteiger partial charge in [-0.2, -0.15) is 0 Å². The van der Waals surface area contributed by atoms with Gasteiger partial charge in [0.2, 0.25) is 17.7 Å². The number of imide groups is 1. The molecule has 1 saturated heterocycles. The number of carboxylic acids is 1. The Morgan fingerprint density at radius 3 is 2.61 bits per heavy atom. The second kappa shape index (κ2) is 6.16. The number of carbonyl (C=O) groups excluding carboxylic acids is 3. The van der Waals surface area contributed by atoms with Crippen molar-refractivity contribution in [2.24, 2.45) is 7.05 Å². The van der Waals surface area contributed by atoms with E-state index in [1.54, 1.807) is 24.0 Å². The fourth-order valence-corrected chi connectivity index (χ4v) is 3.97. The second-order valence-corrected chi connectivity index (χ2v) is 7.20. The third-order valence-electron chi connectivity index (χ3n) is 5.16. The molecule has 1 aromatic carbocycles. The Hall–Kier alpha value is -3.20. The number of imidazole rings is 1. The number of carboxylic acid groups (broad SMARTS) is 1. The number of likely N-dealkylation sites (tertiary alicyclic amines) is 1. The van der Waals surface area contributed by atoms with E-state index in [1.807, 2.05) is 0 Å². The molecule has 9 nitrogen and oxygen atoms in total. The quantitative estimate of drug-likeness (QED) is 0.595. The zero-order valence-electron chi connectivity index (χ0n) is 14.8. The number of carbonyl (C=O) groups is 4. The maximum absolute atomic E-state index is 13.3. The molecule has 2 aromatic rings. The van der Waals surface area contributed by atoms with E-state index in [0.29, 0.717) is 5.82 Å². The first-order valence-corrected chi connectivity index (χ1v) is 8.78. The molecule has 3 heterocycles. The van der Waals surface area contributed by atoms with E-state index in [4.69, 9.17) is 11.6 Å². The largest absolute Gasteiger partial charge is 0.480 e. The zero-order valence-corrected chi connectivity index (χ0v) is 15.5. The van der Waals surface area contributed by atoms with Gasteiger partial charge in [-0.3, -0.25) is 29.0 Å². The Bertz CT molecular complexity index is 1050. The van der Waals surface area contributed by atoms with Crippen LogP contribution >= 0.6 is 11.6 Å². The van der Waals surface area contributed by atoms with Gasteiger partial charge in [0.15, 0.2) is 5.41 Å². The summed E-state index contributed by atoms with van der Waals surface area (Å²) in [6, 6.07) is 4.45. The number of halogens is 1. The summed E-state index contributed by atoms with van der Waals surface area (Å²) >= 11 is 6.07. The maximum Gasteiger partial charge on any atom is 0.323 e. The first-order chi connectivity index (χ1) is 13.3. The van der Waals surface area contributed by atoms with E-state index in [9.17, 15) is 24.3 Å². The van der Waals surface area contributed by atoms with Gasteiger partial charge in [0.1, 0.15) is 12.4 Å². The van der Waals surface area contributed by atoms with Crippen molar-refractivity contribution in [3.8, 4) is 0 Å². The highest BCUT2D eigenvalue weighted by Gasteiger charge is 2.64. The molecule has 1 atom stereocenters. The summed E-state index contributed by atoms with van der Waals surface area (Å²) < 4.78 is 1.67. The predicted molar refractivity (Wildman–Crippen MR) is 96.5 cm³/mol. The Labute approximate surface area is 164 Å². The van der Waals surface area contributed by atoms with Gasteiger partial charge in [-0.15, -0.1) is 0 Å². The first-order valence-electron chi connectivity index (χ1n) is 8.40. The molecule has 2 aliphatic rings. The lowest BCUT2D eigenvalue weighted by Gasteiger charge is -2.21. The van der Waals surface area contributed by atoms with Gasteiger partial charge < -0.3 is 9.67 Å². The molecule has 0 radical (unpaired) electrons. The van der Waals surface area contributed by atoms with Gasteiger partial charge >= 0.3 is 5.97 Å². The Kier molecular flexibility index (Phi) is 4.00. The van der Waals surface area contributed by atoms with Crippen molar-refractivity contribution in [1.82, 2.24) is 14.5 Å². The molecule has 2 aliphatic heterocycles. The smallest absolute Gasteiger partial charge is 0.323 e. The van der Waals surface area contributed by atoms with Crippen LogP contribution in [0.5, 0.6) is 0 Å². The highest BCUT2D eigenvalue weighted by molar-refractivity contribution is 6.32. The molecular weight excluding hydrogens is 388 g/mol. The fraction of sp³-hybridized carbons (Fsp3) is 0.278. The van der Waals surface area contributed by atoms with Crippen LogP contribution in [0.2, 0.25) is 5.02 Å². The summed E-state index contributed by atoms with van der Waals surface area (Å²) in [4.78, 5) is 56.6. The summed E-state index contributed by atoms with van der Waals surface area (Å²) in [5.74, 6) is -2.69. The lowest BCUT2D eigenvalue weighted by molar-refractivity contribution is -0.143. The van der Waals surface area contributed by atoms with Crippen LogP contribution in [0.3, 0.4) is 0 Å².